The lowest BCUT2D eigenvalue weighted by molar-refractivity contribution is 0.0525. The van der Waals surface area contributed by atoms with E-state index in [0.717, 1.165) is 0 Å². The predicted molar refractivity (Wildman–Crippen MR) is 91.3 cm³/mol. The number of esters is 1. The number of hydrogen-bond acceptors (Lipinski definition) is 4. The van der Waals surface area contributed by atoms with E-state index in [1.165, 1.54) is 4.90 Å². The third-order valence-electron chi connectivity index (χ3n) is 2.82. The molecule has 0 aliphatic heterocycles. The van der Waals surface area contributed by atoms with Crippen LogP contribution < -0.4 is 4.90 Å². The highest BCUT2D eigenvalue weighted by molar-refractivity contribution is 6.17. The predicted octanol–water partition coefficient (Wildman–Crippen LogP) is 4.23. The number of nitrogens with zero attached hydrogens (tertiary/aromatic N) is 1. The van der Waals surface area contributed by atoms with Crippen molar-refractivity contribution in [3.63, 3.8) is 0 Å². The van der Waals surface area contributed by atoms with E-state index in [0.29, 0.717) is 36.7 Å². The standard InChI is InChI=1S/C17H24ClNO4/c1-5-22-15(20)13-7-9-14(10-8-13)19(12-6-11-18)16(21)23-17(2,3)4/h7-10H,5-6,11-12H2,1-4H3. The molecule has 5 nitrogen and oxygen atoms in total. The Labute approximate surface area is 142 Å². The maximum Gasteiger partial charge on any atom is 0.414 e. The zero-order chi connectivity index (χ0) is 17.5. The molecular weight excluding hydrogens is 318 g/mol. The second-order valence-corrected chi connectivity index (χ2v) is 6.32. The number of halogens is 1. The van der Waals surface area contributed by atoms with E-state index in [2.05, 4.69) is 0 Å². The Kier molecular flexibility index (Phi) is 7.36. The lowest BCUT2D eigenvalue weighted by Gasteiger charge is -2.27. The van der Waals surface area contributed by atoms with Crippen molar-refractivity contribution in [1.29, 1.82) is 0 Å². The summed E-state index contributed by atoms with van der Waals surface area (Å²) in [6.45, 7) is 7.96. The number of hydrogen-bond donors (Lipinski definition) is 0. The number of rotatable bonds is 6. The van der Waals surface area contributed by atoms with Crippen LogP contribution in [0.4, 0.5) is 10.5 Å². The number of carbonyl (C=O) groups is 2. The third-order valence-corrected chi connectivity index (χ3v) is 3.09. The van der Waals surface area contributed by atoms with Gasteiger partial charge in [-0.1, -0.05) is 0 Å². The lowest BCUT2D eigenvalue weighted by atomic mass is 10.2. The molecule has 0 aromatic heterocycles. The van der Waals surface area contributed by atoms with Crippen molar-refractivity contribution in [2.24, 2.45) is 0 Å². The summed E-state index contributed by atoms with van der Waals surface area (Å²) in [6.07, 6.45) is 0.201. The summed E-state index contributed by atoms with van der Waals surface area (Å²) in [5.74, 6) is 0.0591. The largest absolute Gasteiger partial charge is 0.462 e. The number of amides is 1. The van der Waals surface area contributed by atoms with Gasteiger partial charge in [0.2, 0.25) is 0 Å². The van der Waals surface area contributed by atoms with Gasteiger partial charge in [-0.3, -0.25) is 4.90 Å². The van der Waals surface area contributed by atoms with E-state index in [9.17, 15) is 9.59 Å². The maximum atomic E-state index is 12.4. The maximum absolute atomic E-state index is 12.4. The summed E-state index contributed by atoms with van der Waals surface area (Å²) < 4.78 is 10.4. The molecule has 0 aliphatic rings. The Morgan fingerprint density at radius 1 is 1.17 bits per heavy atom. The van der Waals surface area contributed by atoms with Crippen LogP contribution in [0.5, 0.6) is 0 Å². The molecule has 23 heavy (non-hydrogen) atoms. The van der Waals surface area contributed by atoms with Crippen molar-refractivity contribution in [2.75, 3.05) is 23.9 Å². The molecule has 0 spiro atoms. The van der Waals surface area contributed by atoms with Crippen LogP contribution in [0.2, 0.25) is 0 Å². The fourth-order valence-electron chi connectivity index (χ4n) is 1.85. The Morgan fingerprint density at radius 2 is 1.78 bits per heavy atom. The van der Waals surface area contributed by atoms with Crippen LogP contribution >= 0.6 is 11.6 Å². The van der Waals surface area contributed by atoms with Gasteiger partial charge in [0.05, 0.1) is 12.2 Å². The van der Waals surface area contributed by atoms with Crippen molar-refractivity contribution in [1.82, 2.24) is 0 Å². The van der Waals surface area contributed by atoms with E-state index >= 15 is 0 Å². The Balaban J connectivity index is 2.94. The van der Waals surface area contributed by atoms with Gasteiger partial charge in [-0.15, -0.1) is 11.6 Å². The molecule has 0 bridgehead atoms. The van der Waals surface area contributed by atoms with E-state index in [4.69, 9.17) is 21.1 Å². The molecule has 0 saturated heterocycles. The van der Waals surface area contributed by atoms with Crippen LogP contribution in [0.1, 0.15) is 44.5 Å². The SMILES string of the molecule is CCOC(=O)c1ccc(N(CCCCl)C(=O)OC(C)(C)C)cc1. The van der Waals surface area contributed by atoms with Crippen molar-refractivity contribution >= 4 is 29.4 Å². The van der Waals surface area contributed by atoms with Gasteiger partial charge in [-0.25, -0.2) is 9.59 Å². The minimum atomic E-state index is -0.582. The molecule has 1 aromatic rings. The van der Waals surface area contributed by atoms with Gasteiger partial charge in [0, 0.05) is 18.1 Å². The first-order valence-electron chi connectivity index (χ1n) is 7.62. The van der Waals surface area contributed by atoms with Crippen molar-refractivity contribution in [3.05, 3.63) is 29.8 Å². The second-order valence-electron chi connectivity index (χ2n) is 5.94. The van der Waals surface area contributed by atoms with E-state index in [-0.39, 0.29) is 5.97 Å². The molecule has 6 heteroatoms. The average Bonchev–Trinajstić information content (AvgIpc) is 2.46. The summed E-state index contributed by atoms with van der Waals surface area (Å²) >= 11 is 5.73. The van der Waals surface area contributed by atoms with Gasteiger partial charge in [0.15, 0.2) is 0 Å². The van der Waals surface area contributed by atoms with Crippen LogP contribution in [0.25, 0.3) is 0 Å². The van der Waals surface area contributed by atoms with Gasteiger partial charge >= 0.3 is 12.1 Å². The molecule has 0 radical (unpaired) electrons. The highest BCUT2D eigenvalue weighted by Gasteiger charge is 2.23. The topological polar surface area (TPSA) is 55.8 Å². The molecular formula is C17H24ClNO4. The number of benzene rings is 1. The first-order chi connectivity index (χ1) is 10.8. The molecule has 1 amide bonds. The quantitative estimate of drug-likeness (QED) is 0.573. The average molecular weight is 342 g/mol. The molecule has 0 aliphatic carbocycles. The van der Waals surface area contributed by atoms with Crippen molar-refractivity contribution in [2.45, 2.75) is 39.7 Å². The first-order valence-corrected chi connectivity index (χ1v) is 8.15. The van der Waals surface area contributed by atoms with Gasteiger partial charge < -0.3 is 9.47 Å². The Bertz CT molecular complexity index is 522. The normalized spacial score (nSPS) is 11.0. The zero-order valence-electron chi connectivity index (χ0n) is 14.1. The number of alkyl halides is 1. The molecule has 0 saturated carbocycles. The van der Waals surface area contributed by atoms with Crippen molar-refractivity contribution in [3.8, 4) is 0 Å². The third kappa shape index (κ3) is 6.48. The molecule has 1 rings (SSSR count). The summed E-state index contributed by atoms with van der Waals surface area (Å²) in [7, 11) is 0. The molecule has 1 aromatic carbocycles. The van der Waals surface area contributed by atoms with Gasteiger partial charge in [-0.2, -0.15) is 0 Å². The van der Waals surface area contributed by atoms with Gasteiger partial charge in [-0.05, 0) is 58.4 Å². The number of anilines is 1. The molecule has 128 valence electrons. The Morgan fingerprint density at radius 3 is 2.26 bits per heavy atom. The molecule has 0 atom stereocenters. The van der Waals surface area contributed by atoms with E-state index in [1.807, 2.05) is 20.8 Å². The molecule has 0 heterocycles. The number of carbonyl (C=O) groups excluding carboxylic acids is 2. The van der Waals surface area contributed by atoms with Crippen LogP contribution in [0, 0.1) is 0 Å². The molecule has 0 N–H and O–H groups in total. The van der Waals surface area contributed by atoms with Crippen LogP contribution in [-0.2, 0) is 9.47 Å². The molecule has 0 unspecified atom stereocenters. The summed E-state index contributed by atoms with van der Waals surface area (Å²) in [5, 5.41) is 0. The van der Waals surface area contributed by atoms with Crippen LogP contribution in [0.3, 0.4) is 0 Å². The molecule has 0 fully saturated rings. The van der Waals surface area contributed by atoms with Gasteiger partial charge in [0.1, 0.15) is 5.60 Å². The summed E-state index contributed by atoms with van der Waals surface area (Å²) in [4.78, 5) is 25.5. The summed E-state index contributed by atoms with van der Waals surface area (Å²) in [5.41, 5.74) is 0.510. The second kappa shape index (κ2) is 8.77. The number of ether oxygens (including phenoxy) is 2. The minimum Gasteiger partial charge on any atom is -0.462 e. The highest BCUT2D eigenvalue weighted by Crippen LogP contribution is 2.20. The summed E-state index contributed by atoms with van der Waals surface area (Å²) in [6, 6.07) is 6.66. The monoisotopic (exact) mass is 341 g/mol. The van der Waals surface area contributed by atoms with Crippen LogP contribution in [-0.4, -0.2) is 36.7 Å². The smallest absolute Gasteiger partial charge is 0.414 e. The fraction of sp³-hybridized carbons (Fsp3) is 0.529. The minimum absolute atomic E-state index is 0.320. The van der Waals surface area contributed by atoms with Crippen molar-refractivity contribution < 1.29 is 19.1 Å². The van der Waals surface area contributed by atoms with Gasteiger partial charge in [0.25, 0.3) is 0 Å². The lowest BCUT2D eigenvalue weighted by Crippen LogP contribution is -2.37. The first kappa shape index (κ1) is 19.3. The zero-order valence-corrected chi connectivity index (χ0v) is 14.9. The highest BCUT2D eigenvalue weighted by atomic mass is 35.5. The van der Waals surface area contributed by atoms with Crippen LogP contribution in [0.15, 0.2) is 24.3 Å². The van der Waals surface area contributed by atoms with E-state index in [1.54, 1.807) is 31.2 Å². The van der Waals surface area contributed by atoms with E-state index < -0.39 is 11.7 Å². The Hall–Kier alpha value is -1.75. The fourth-order valence-corrected chi connectivity index (χ4v) is 1.97.